The van der Waals surface area contributed by atoms with E-state index < -0.39 is 38.7 Å². The monoisotopic (exact) mass is 825 g/mol. The molecule has 2 N–H and O–H groups in total. The van der Waals surface area contributed by atoms with Crippen LogP contribution in [-0.2, 0) is 39.5 Å². The third kappa shape index (κ3) is 6.87. The average Bonchev–Trinajstić information content (AvgIpc) is 3.72. The molecule has 0 radical (unpaired) electrons. The van der Waals surface area contributed by atoms with E-state index in [-0.39, 0.29) is 37.7 Å². The number of rotatable bonds is 12. The van der Waals surface area contributed by atoms with E-state index in [4.69, 9.17) is 23.6 Å². The Morgan fingerprint density at radius 3 is 1.86 bits per heavy atom. The lowest BCUT2D eigenvalue weighted by Gasteiger charge is -2.34. The molecule has 0 spiro atoms. The number of fused-ring (bicyclic) bond motifs is 9. The van der Waals surface area contributed by atoms with E-state index >= 15 is 8.63 Å². The summed E-state index contributed by atoms with van der Waals surface area (Å²) < 4.78 is 114. The van der Waals surface area contributed by atoms with E-state index in [2.05, 4.69) is 0 Å². The van der Waals surface area contributed by atoms with Gasteiger partial charge in [-0.25, -0.2) is 0 Å². The van der Waals surface area contributed by atoms with Crippen LogP contribution in [-0.4, -0.2) is 78.1 Å². The summed E-state index contributed by atoms with van der Waals surface area (Å²) in [6, 6.07) is 29.6. The van der Waals surface area contributed by atoms with Crippen molar-refractivity contribution in [3.8, 4) is 33.9 Å². The SMILES string of the molecule is O=S(=O)(O)CCCOc1ccc2c(c1)CCC1=C(c3ccccc3)C3=Nc4c(-c5ccccc5)c5c(n4[B-](F)(F)[N+]3=C12)-c1ccc(OCCCS(=O)(=O)O)cc1CC5. The minimum atomic E-state index is -4.60. The van der Waals surface area contributed by atoms with Crippen LogP contribution in [0.5, 0.6) is 11.5 Å². The van der Waals surface area contributed by atoms with E-state index in [1.165, 1.54) is 0 Å². The zero-order valence-corrected chi connectivity index (χ0v) is 32.8. The number of hydrogen-bond donors (Lipinski definition) is 2. The van der Waals surface area contributed by atoms with E-state index in [1.54, 1.807) is 24.3 Å². The first kappa shape index (κ1) is 38.1. The van der Waals surface area contributed by atoms with Crippen LogP contribution < -0.4 is 9.47 Å². The average molecular weight is 826 g/mol. The summed E-state index contributed by atoms with van der Waals surface area (Å²) in [5.41, 5.74) is 8.11. The van der Waals surface area contributed by atoms with Gasteiger partial charge in [0, 0.05) is 16.8 Å². The van der Waals surface area contributed by atoms with Gasteiger partial charge < -0.3 is 27.1 Å². The van der Waals surface area contributed by atoms with Gasteiger partial charge in [0.05, 0.1) is 41.6 Å². The summed E-state index contributed by atoms with van der Waals surface area (Å²) in [5, 5.41) is 0. The first-order valence-corrected chi connectivity index (χ1v) is 22.3. The molecule has 0 saturated heterocycles. The Balaban J connectivity index is 1.21. The molecule has 16 heteroatoms. The molecule has 0 bridgehead atoms. The van der Waals surface area contributed by atoms with E-state index in [0.29, 0.717) is 70.9 Å². The van der Waals surface area contributed by atoms with Crippen molar-refractivity contribution in [1.82, 2.24) is 4.48 Å². The summed E-state index contributed by atoms with van der Waals surface area (Å²) in [6.07, 6.45) is 2.22. The van der Waals surface area contributed by atoms with Gasteiger partial charge in [0.2, 0.25) is 5.82 Å². The summed E-state index contributed by atoms with van der Waals surface area (Å²) in [6.45, 7) is -4.49. The Labute approximate surface area is 334 Å². The first-order valence-electron chi connectivity index (χ1n) is 19.1. The van der Waals surface area contributed by atoms with Gasteiger partial charge in [0.1, 0.15) is 11.5 Å². The third-order valence-corrected chi connectivity index (χ3v) is 12.7. The van der Waals surface area contributed by atoms with Crippen molar-refractivity contribution >= 4 is 50.1 Å². The van der Waals surface area contributed by atoms with E-state index in [0.717, 1.165) is 42.4 Å². The maximum Gasteiger partial charge on any atom is 0.642 e. The van der Waals surface area contributed by atoms with Crippen LogP contribution in [0.2, 0.25) is 0 Å². The number of allylic oxidation sites excluding steroid dienone is 1. The fraction of sp³-hybridized carbons (Fsp3) is 0.238. The van der Waals surface area contributed by atoms with Crippen molar-refractivity contribution in [1.29, 1.82) is 0 Å². The van der Waals surface area contributed by atoms with Crippen LogP contribution in [0.15, 0.2) is 108 Å². The highest BCUT2D eigenvalue weighted by molar-refractivity contribution is 7.86. The van der Waals surface area contributed by atoms with Gasteiger partial charge in [0.15, 0.2) is 0 Å². The summed E-state index contributed by atoms with van der Waals surface area (Å²) in [7, 11) is -8.26. The van der Waals surface area contributed by atoms with Crippen LogP contribution >= 0.6 is 0 Å². The Bertz CT molecular complexity index is 2820. The summed E-state index contributed by atoms with van der Waals surface area (Å²) in [5.74, 6) is 0.454. The molecule has 11 nitrogen and oxygen atoms in total. The van der Waals surface area contributed by atoms with Crippen molar-refractivity contribution < 1.29 is 48.5 Å². The molecule has 5 aromatic rings. The van der Waals surface area contributed by atoms with E-state index in [1.807, 2.05) is 72.8 Å². The minimum Gasteiger partial charge on any atom is -0.494 e. The fourth-order valence-corrected chi connectivity index (χ4v) is 9.72. The Morgan fingerprint density at radius 1 is 0.707 bits per heavy atom. The summed E-state index contributed by atoms with van der Waals surface area (Å²) >= 11 is 0. The molecule has 58 heavy (non-hydrogen) atoms. The van der Waals surface area contributed by atoms with Gasteiger partial charge in [-0.05, 0) is 113 Å². The number of halogens is 2. The standard InChI is InChI=1S/C42H38BF2N3O8S2/c44-43(45)47-39-33-19-15-31(55-21-7-23-57(49,50)51)25-29(33)13-17-35(39)37(27-9-3-1-4-10-27)41(47)46-42-38(28-11-5-2-6-12-28)36-18-14-30-26-32(56-22-8-24-58(52,53)54)16-20-34(30)40(36)48(42)43/h1-6,9-12,15-16,19-20,25-26H,7-8,13-14,17-18,21-24H2,(H,49,50,51)(H,52,53,54). The molecule has 298 valence electrons. The van der Waals surface area contributed by atoms with Crippen LogP contribution in [0, 0.1) is 0 Å². The fourth-order valence-electron chi connectivity index (χ4n) is 8.76. The molecule has 3 heterocycles. The molecule has 2 aliphatic heterocycles. The molecule has 9 rings (SSSR count). The maximum atomic E-state index is 18.3. The van der Waals surface area contributed by atoms with E-state index in [9.17, 15) is 16.8 Å². The molecule has 4 aliphatic rings. The molecule has 0 fully saturated rings. The molecule has 2 aliphatic carbocycles. The number of aryl methyl sites for hydroxylation is 2. The van der Waals surface area contributed by atoms with Gasteiger partial charge in [0.25, 0.3) is 26.1 Å². The third-order valence-electron chi connectivity index (χ3n) is 11.1. The minimum absolute atomic E-state index is 0.0525. The molecule has 0 atom stereocenters. The molecular weight excluding hydrogens is 787 g/mol. The zero-order chi connectivity index (χ0) is 40.4. The second-order valence-corrected chi connectivity index (χ2v) is 18.0. The van der Waals surface area contributed by atoms with Crippen molar-refractivity contribution in [2.45, 2.75) is 38.5 Å². The van der Waals surface area contributed by atoms with Gasteiger partial charge >= 0.3 is 6.97 Å². The first-order chi connectivity index (χ1) is 27.8. The highest BCUT2D eigenvalue weighted by Crippen LogP contribution is 2.53. The Hall–Kier alpha value is -5.42. The van der Waals surface area contributed by atoms with Crippen molar-refractivity contribution in [2.75, 3.05) is 24.7 Å². The number of aliphatic imine (C=N–C) groups is 1. The van der Waals surface area contributed by atoms with Gasteiger partial charge in [-0.15, -0.1) is 0 Å². The normalized spacial score (nSPS) is 16.4. The number of benzene rings is 4. The lowest BCUT2D eigenvalue weighted by Crippen LogP contribution is -2.53. The number of ether oxygens (including phenoxy) is 2. The Kier molecular flexibility index (Phi) is 9.50. The molecule has 0 saturated carbocycles. The highest BCUT2D eigenvalue weighted by atomic mass is 32.2. The van der Waals surface area contributed by atoms with Crippen molar-refractivity contribution in [3.05, 3.63) is 130 Å². The highest BCUT2D eigenvalue weighted by Gasteiger charge is 2.56. The number of hydrogen-bond acceptors (Lipinski definition) is 7. The molecule has 0 unspecified atom stereocenters. The zero-order valence-electron chi connectivity index (χ0n) is 31.1. The lowest BCUT2D eigenvalue weighted by molar-refractivity contribution is -0.291. The van der Waals surface area contributed by atoms with Crippen LogP contribution in [0.25, 0.3) is 28.0 Å². The maximum absolute atomic E-state index is 18.3. The van der Waals surface area contributed by atoms with Gasteiger partial charge in [-0.2, -0.15) is 16.8 Å². The smallest absolute Gasteiger partial charge is 0.494 e. The molecule has 4 aromatic carbocycles. The van der Waals surface area contributed by atoms with Crippen LogP contribution in [0.4, 0.5) is 14.4 Å². The van der Waals surface area contributed by atoms with Crippen LogP contribution in [0.1, 0.15) is 47.1 Å². The van der Waals surface area contributed by atoms with Crippen molar-refractivity contribution in [2.24, 2.45) is 4.99 Å². The van der Waals surface area contributed by atoms with Gasteiger partial charge in [-0.3, -0.25) is 9.11 Å². The van der Waals surface area contributed by atoms with Crippen molar-refractivity contribution in [3.63, 3.8) is 0 Å². The predicted molar refractivity (Wildman–Crippen MR) is 219 cm³/mol. The Morgan fingerprint density at radius 2 is 1.26 bits per heavy atom. The number of aromatic nitrogens is 1. The second-order valence-electron chi connectivity index (χ2n) is 14.8. The number of nitrogens with zero attached hydrogens (tertiary/aromatic N) is 3. The van der Waals surface area contributed by atoms with Crippen LogP contribution in [0.3, 0.4) is 0 Å². The quantitative estimate of drug-likeness (QED) is 0.0751. The predicted octanol–water partition coefficient (Wildman–Crippen LogP) is 7.42. The second kappa shape index (κ2) is 14.4. The van der Waals surface area contributed by atoms with Gasteiger partial charge in [-0.1, -0.05) is 60.7 Å². The molecule has 1 aromatic heterocycles. The largest absolute Gasteiger partial charge is 0.642 e. The number of amidine groups is 1. The molecular formula is C42H38BF2N3O8S2. The topological polar surface area (TPSA) is 148 Å². The summed E-state index contributed by atoms with van der Waals surface area (Å²) in [4.78, 5) is 5.26. The lowest BCUT2D eigenvalue weighted by atomic mass is 9.82. The molecule has 0 amide bonds.